The lowest BCUT2D eigenvalue weighted by Gasteiger charge is -2.17. The lowest BCUT2D eigenvalue weighted by atomic mass is 10.2. The number of hydrogen-bond donors (Lipinski definition) is 2. The smallest absolute Gasteiger partial charge is 0.342 e. The number of anilines is 1. The molecule has 0 radical (unpaired) electrons. The summed E-state index contributed by atoms with van der Waals surface area (Å²) in [5.41, 5.74) is 2.70. The summed E-state index contributed by atoms with van der Waals surface area (Å²) in [6.07, 6.45) is 4.05. The first-order chi connectivity index (χ1) is 15.6. The third-order valence-corrected chi connectivity index (χ3v) is 6.04. The van der Waals surface area contributed by atoms with E-state index >= 15 is 0 Å². The molecule has 0 aliphatic carbocycles. The molecule has 3 aromatic rings. The molecular weight excluding hydrogens is 428 g/mol. The van der Waals surface area contributed by atoms with E-state index in [0.717, 1.165) is 41.7 Å². The number of rotatable bonds is 8. The minimum absolute atomic E-state index is 0.132. The number of nitrogens with zero attached hydrogens (tertiary/aromatic N) is 3. The Morgan fingerprint density at radius 2 is 1.75 bits per heavy atom. The van der Waals surface area contributed by atoms with Crippen molar-refractivity contribution in [1.82, 2.24) is 15.2 Å². The fraction of sp³-hybridized carbons (Fsp3) is 0.261. The summed E-state index contributed by atoms with van der Waals surface area (Å²) in [6, 6.07) is 13.3. The van der Waals surface area contributed by atoms with Crippen LogP contribution in [0.25, 0.3) is 17.5 Å². The number of benzene rings is 2. The maximum absolute atomic E-state index is 11.8. The van der Waals surface area contributed by atoms with Crippen molar-refractivity contribution < 1.29 is 19.4 Å². The molecule has 0 spiro atoms. The molecule has 2 heterocycles. The zero-order valence-corrected chi connectivity index (χ0v) is 18.7. The molecule has 1 aliphatic heterocycles. The number of aliphatic carboxylic acids is 1. The Morgan fingerprint density at radius 1 is 1.09 bits per heavy atom. The van der Waals surface area contributed by atoms with Crippen molar-refractivity contribution in [2.45, 2.75) is 18.0 Å². The van der Waals surface area contributed by atoms with Gasteiger partial charge in [0.05, 0.1) is 14.2 Å². The Hall–Kier alpha value is -3.46. The summed E-state index contributed by atoms with van der Waals surface area (Å²) in [6.45, 7) is 2.13. The van der Waals surface area contributed by atoms with Crippen LogP contribution in [0, 0.1) is 0 Å². The summed E-state index contributed by atoms with van der Waals surface area (Å²) in [4.78, 5) is 18.7. The van der Waals surface area contributed by atoms with Crippen LogP contribution in [0.4, 0.5) is 5.69 Å². The van der Waals surface area contributed by atoms with Gasteiger partial charge >= 0.3 is 5.97 Å². The Bertz CT molecular complexity index is 1100. The zero-order chi connectivity index (χ0) is 22.5. The molecule has 2 N–H and O–H groups in total. The van der Waals surface area contributed by atoms with Gasteiger partial charge in [-0.1, -0.05) is 12.1 Å². The summed E-state index contributed by atoms with van der Waals surface area (Å²) < 4.78 is 10.6. The number of H-pyrrole nitrogens is 1. The number of hydrogen-bond acceptors (Lipinski definition) is 7. The summed E-state index contributed by atoms with van der Waals surface area (Å²) >= 11 is 0.992. The van der Waals surface area contributed by atoms with Gasteiger partial charge in [-0.05, 0) is 60.5 Å². The number of thioether (sulfide) groups is 1. The molecule has 166 valence electrons. The first-order valence-corrected chi connectivity index (χ1v) is 11.0. The number of aromatic amines is 1. The molecule has 32 heavy (non-hydrogen) atoms. The van der Waals surface area contributed by atoms with E-state index < -0.39 is 5.97 Å². The Labute approximate surface area is 190 Å². The van der Waals surface area contributed by atoms with Crippen LogP contribution in [0.1, 0.15) is 18.4 Å². The van der Waals surface area contributed by atoms with Crippen LogP contribution < -0.4 is 14.4 Å². The van der Waals surface area contributed by atoms with Crippen LogP contribution in [0.2, 0.25) is 0 Å². The molecule has 1 fully saturated rings. The van der Waals surface area contributed by atoms with E-state index in [2.05, 4.69) is 20.1 Å². The van der Waals surface area contributed by atoms with Gasteiger partial charge in [-0.2, -0.15) is 0 Å². The van der Waals surface area contributed by atoms with Crippen molar-refractivity contribution in [3.63, 3.8) is 0 Å². The third kappa shape index (κ3) is 5.05. The number of aromatic nitrogens is 3. The van der Waals surface area contributed by atoms with Crippen LogP contribution in [-0.4, -0.2) is 53.6 Å². The van der Waals surface area contributed by atoms with Crippen LogP contribution in [0.15, 0.2) is 52.5 Å². The van der Waals surface area contributed by atoms with Crippen molar-refractivity contribution in [3.8, 4) is 22.9 Å². The fourth-order valence-corrected chi connectivity index (χ4v) is 4.21. The van der Waals surface area contributed by atoms with Crippen molar-refractivity contribution in [1.29, 1.82) is 0 Å². The Balaban J connectivity index is 1.53. The van der Waals surface area contributed by atoms with Gasteiger partial charge in [0, 0.05) is 30.4 Å². The van der Waals surface area contributed by atoms with Gasteiger partial charge in [-0.15, -0.1) is 5.10 Å². The van der Waals surface area contributed by atoms with Crippen molar-refractivity contribution in [3.05, 3.63) is 52.9 Å². The normalized spacial score (nSPS) is 13.9. The van der Waals surface area contributed by atoms with E-state index in [9.17, 15) is 9.90 Å². The molecule has 0 amide bonds. The number of carbonyl (C=O) groups is 1. The standard InChI is InChI=1S/C23H24N4O4S/c1-30-18-12-16(13-19(14-18)31-2)21-24-23(26-25-21)32-20(22(28)29)11-15-5-7-17(8-6-15)27-9-3-4-10-27/h5-8,11-14H,3-4,9-10H2,1-2H3,(H,28,29)(H,24,25,26)/b20-11+. The molecule has 0 atom stereocenters. The molecule has 2 aromatic carbocycles. The highest BCUT2D eigenvalue weighted by Crippen LogP contribution is 2.31. The summed E-state index contributed by atoms with van der Waals surface area (Å²) in [5, 5.41) is 17.0. The third-order valence-electron chi connectivity index (χ3n) is 5.16. The molecule has 0 unspecified atom stereocenters. The second kappa shape index (κ2) is 9.78. The van der Waals surface area contributed by atoms with Gasteiger partial charge in [0.2, 0.25) is 5.16 Å². The SMILES string of the molecule is COc1cc(OC)cc(-c2nc(S/C(=C/c3ccc(N4CCCC4)cc3)C(=O)O)n[nH]2)c1. The molecule has 0 bridgehead atoms. The van der Waals surface area contributed by atoms with E-state index in [-0.39, 0.29) is 4.91 Å². The average Bonchev–Trinajstić information content (AvgIpc) is 3.51. The molecular formula is C23H24N4O4S. The summed E-state index contributed by atoms with van der Waals surface area (Å²) in [5.74, 6) is 0.694. The second-order valence-corrected chi connectivity index (χ2v) is 8.28. The van der Waals surface area contributed by atoms with E-state index in [1.165, 1.54) is 12.8 Å². The highest BCUT2D eigenvalue weighted by Gasteiger charge is 2.16. The van der Waals surface area contributed by atoms with Crippen LogP contribution >= 0.6 is 11.8 Å². The average molecular weight is 453 g/mol. The van der Waals surface area contributed by atoms with Crippen LogP contribution in [0.5, 0.6) is 11.5 Å². The fourth-order valence-electron chi connectivity index (χ4n) is 3.51. The topological polar surface area (TPSA) is 101 Å². The summed E-state index contributed by atoms with van der Waals surface area (Å²) in [7, 11) is 3.14. The lowest BCUT2D eigenvalue weighted by molar-refractivity contribution is -0.131. The zero-order valence-electron chi connectivity index (χ0n) is 17.9. The van der Waals surface area contributed by atoms with E-state index in [1.807, 2.05) is 24.3 Å². The molecule has 0 saturated carbocycles. The van der Waals surface area contributed by atoms with Crippen LogP contribution in [-0.2, 0) is 4.79 Å². The maximum Gasteiger partial charge on any atom is 0.342 e. The van der Waals surface area contributed by atoms with Crippen LogP contribution in [0.3, 0.4) is 0 Å². The predicted molar refractivity (Wildman–Crippen MR) is 124 cm³/mol. The first kappa shape index (κ1) is 21.8. The van der Waals surface area contributed by atoms with Crippen molar-refractivity contribution in [2.75, 3.05) is 32.2 Å². The highest BCUT2D eigenvalue weighted by molar-refractivity contribution is 8.04. The monoisotopic (exact) mass is 452 g/mol. The van der Waals surface area contributed by atoms with Gasteiger partial charge in [0.25, 0.3) is 0 Å². The molecule has 1 saturated heterocycles. The van der Waals surface area contributed by atoms with Gasteiger partial charge in [0.15, 0.2) is 5.82 Å². The number of ether oxygens (including phenoxy) is 2. The second-order valence-electron chi connectivity index (χ2n) is 7.27. The largest absolute Gasteiger partial charge is 0.497 e. The van der Waals surface area contributed by atoms with Crippen molar-refractivity contribution in [2.24, 2.45) is 0 Å². The van der Waals surface area contributed by atoms with E-state index in [1.54, 1.807) is 38.5 Å². The maximum atomic E-state index is 11.8. The first-order valence-electron chi connectivity index (χ1n) is 10.2. The molecule has 4 rings (SSSR count). The number of carboxylic acids is 1. The minimum atomic E-state index is -1.03. The van der Waals surface area contributed by atoms with Gasteiger partial charge < -0.3 is 19.5 Å². The van der Waals surface area contributed by atoms with E-state index in [4.69, 9.17) is 9.47 Å². The number of methoxy groups -OCH3 is 2. The minimum Gasteiger partial charge on any atom is -0.497 e. The van der Waals surface area contributed by atoms with Gasteiger partial charge in [-0.3, -0.25) is 5.10 Å². The van der Waals surface area contributed by atoms with Gasteiger partial charge in [0.1, 0.15) is 16.4 Å². The molecule has 8 nitrogen and oxygen atoms in total. The molecule has 1 aromatic heterocycles. The quantitative estimate of drug-likeness (QED) is 0.385. The lowest BCUT2D eigenvalue weighted by Crippen LogP contribution is -2.17. The molecule has 9 heteroatoms. The van der Waals surface area contributed by atoms with E-state index in [0.29, 0.717) is 22.5 Å². The number of nitrogens with one attached hydrogen (secondary N) is 1. The Kier molecular flexibility index (Phi) is 6.65. The van der Waals surface area contributed by atoms with Gasteiger partial charge in [-0.25, -0.2) is 9.78 Å². The Morgan fingerprint density at radius 3 is 2.34 bits per heavy atom. The number of carboxylic acid groups (broad SMARTS) is 1. The predicted octanol–water partition coefficient (Wildman–Crippen LogP) is 4.31. The van der Waals surface area contributed by atoms with Crippen molar-refractivity contribution >= 4 is 29.5 Å². The molecule has 1 aliphatic rings. The highest BCUT2D eigenvalue weighted by atomic mass is 32.2.